The zero-order valence-corrected chi connectivity index (χ0v) is 14.1. The Bertz CT molecular complexity index is 945. The molecule has 1 aromatic carbocycles. The number of hydrogen-bond donors (Lipinski definition) is 2. The summed E-state index contributed by atoms with van der Waals surface area (Å²) in [5, 5.41) is 9.37. The van der Waals surface area contributed by atoms with Crippen LogP contribution >= 0.6 is 0 Å². The summed E-state index contributed by atoms with van der Waals surface area (Å²) in [5.74, 6) is -1.52. The van der Waals surface area contributed by atoms with E-state index >= 15 is 0 Å². The van der Waals surface area contributed by atoms with Gasteiger partial charge in [0.1, 0.15) is 23.7 Å². The van der Waals surface area contributed by atoms with Crippen molar-refractivity contribution in [3.8, 4) is 11.5 Å². The van der Waals surface area contributed by atoms with Crippen LogP contribution in [-0.4, -0.2) is 25.3 Å². The molecule has 0 fully saturated rings. The van der Waals surface area contributed by atoms with E-state index in [-0.39, 0.29) is 28.7 Å². The van der Waals surface area contributed by atoms with Gasteiger partial charge in [-0.15, -0.1) is 0 Å². The van der Waals surface area contributed by atoms with Gasteiger partial charge in [-0.3, -0.25) is 4.79 Å². The predicted octanol–water partition coefficient (Wildman–Crippen LogP) is 1.01. The number of hydrogen-bond acceptors (Lipinski definition) is 8. The number of methoxy groups -OCH3 is 2. The molecule has 26 heavy (non-hydrogen) atoms. The Morgan fingerprint density at radius 3 is 2.69 bits per heavy atom. The standard InChI is InChI=1S/C18H17NO7/c1-23-12-6-4-3-5-10(12)13-14(18(22)24-2)17(19)26-15-11(21)7-9(8-20)25-16(13)15/h3-7,13,20H,8,19H2,1-2H3/t13-/m1/s1. The van der Waals surface area contributed by atoms with Crippen molar-refractivity contribution in [1.29, 1.82) is 0 Å². The number of fused-ring (bicyclic) bond motifs is 1. The van der Waals surface area contributed by atoms with Crippen LogP contribution in [0.4, 0.5) is 0 Å². The summed E-state index contributed by atoms with van der Waals surface area (Å²) >= 11 is 0. The largest absolute Gasteiger partial charge is 0.496 e. The lowest BCUT2D eigenvalue weighted by atomic mass is 9.86. The molecule has 8 nitrogen and oxygen atoms in total. The van der Waals surface area contributed by atoms with Crippen LogP contribution < -0.4 is 20.6 Å². The molecule has 1 atom stereocenters. The van der Waals surface area contributed by atoms with Gasteiger partial charge in [-0.1, -0.05) is 18.2 Å². The first-order valence-electron chi connectivity index (χ1n) is 7.68. The van der Waals surface area contributed by atoms with Crippen molar-refractivity contribution >= 4 is 5.97 Å². The number of benzene rings is 1. The van der Waals surface area contributed by atoms with Gasteiger partial charge in [-0.05, 0) is 6.07 Å². The van der Waals surface area contributed by atoms with Crippen LogP contribution in [0, 0.1) is 0 Å². The smallest absolute Gasteiger partial charge is 0.340 e. The van der Waals surface area contributed by atoms with Crippen molar-refractivity contribution in [2.45, 2.75) is 12.5 Å². The number of carbonyl (C=O) groups excluding carboxylic acids is 1. The first-order chi connectivity index (χ1) is 12.5. The fraction of sp³-hybridized carbons (Fsp3) is 0.222. The summed E-state index contributed by atoms with van der Waals surface area (Å²) < 4.78 is 21.2. The third-order valence-corrected chi connectivity index (χ3v) is 4.02. The quantitative estimate of drug-likeness (QED) is 0.776. The van der Waals surface area contributed by atoms with Gasteiger partial charge in [0.2, 0.25) is 17.1 Å². The van der Waals surface area contributed by atoms with Crippen molar-refractivity contribution in [2.75, 3.05) is 14.2 Å². The monoisotopic (exact) mass is 359 g/mol. The van der Waals surface area contributed by atoms with Gasteiger partial charge in [0.25, 0.3) is 0 Å². The van der Waals surface area contributed by atoms with E-state index < -0.39 is 23.9 Å². The van der Waals surface area contributed by atoms with Crippen molar-refractivity contribution in [2.24, 2.45) is 5.73 Å². The van der Waals surface area contributed by atoms with Crippen LogP contribution in [0.25, 0.3) is 0 Å². The first kappa shape index (κ1) is 17.6. The molecule has 1 aromatic heterocycles. The normalized spacial score (nSPS) is 15.9. The third-order valence-electron chi connectivity index (χ3n) is 4.02. The Morgan fingerprint density at radius 1 is 1.31 bits per heavy atom. The molecular formula is C18H17NO7. The number of ether oxygens (including phenoxy) is 3. The van der Waals surface area contributed by atoms with Crippen LogP contribution in [0.15, 0.2) is 51.0 Å². The van der Waals surface area contributed by atoms with Gasteiger partial charge in [-0.25, -0.2) is 4.79 Å². The summed E-state index contributed by atoms with van der Waals surface area (Å²) in [7, 11) is 2.68. The molecule has 0 radical (unpaired) electrons. The molecule has 0 aliphatic carbocycles. The molecule has 0 saturated heterocycles. The second kappa shape index (κ2) is 6.93. The number of nitrogens with two attached hydrogens (primary N) is 1. The average molecular weight is 359 g/mol. The van der Waals surface area contributed by atoms with E-state index in [0.717, 1.165) is 6.07 Å². The molecule has 3 N–H and O–H groups in total. The van der Waals surface area contributed by atoms with Crippen molar-refractivity contribution < 1.29 is 28.5 Å². The molecule has 0 amide bonds. The Balaban J connectivity index is 2.34. The van der Waals surface area contributed by atoms with E-state index in [0.29, 0.717) is 11.3 Å². The van der Waals surface area contributed by atoms with E-state index in [2.05, 4.69) is 0 Å². The molecule has 1 aliphatic heterocycles. The summed E-state index contributed by atoms with van der Waals surface area (Å²) in [6.45, 7) is -0.492. The van der Waals surface area contributed by atoms with Crippen LogP contribution in [0.5, 0.6) is 11.5 Å². The molecule has 8 heteroatoms. The van der Waals surface area contributed by atoms with Crippen LogP contribution in [-0.2, 0) is 16.1 Å². The SMILES string of the molecule is COC(=O)C1=C(N)Oc2c(oc(CO)cc2=O)[C@@H]1c1ccccc1OC. The average Bonchev–Trinajstić information content (AvgIpc) is 2.66. The van der Waals surface area contributed by atoms with Gasteiger partial charge >= 0.3 is 5.97 Å². The number of aliphatic hydroxyl groups is 1. The van der Waals surface area contributed by atoms with Crippen LogP contribution in [0.1, 0.15) is 23.0 Å². The topological polar surface area (TPSA) is 121 Å². The Labute approximate surface area is 148 Å². The molecule has 0 saturated carbocycles. The fourth-order valence-corrected chi connectivity index (χ4v) is 2.89. The van der Waals surface area contributed by atoms with E-state index in [1.807, 2.05) is 0 Å². The Hall–Kier alpha value is -3.26. The lowest BCUT2D eigenvalue weighted by Gasteiger charge is -2.27. The molecule has 3 rings (SSSR count). The van der Waals surface area contributed by atoms with E-state index in [9.17, 15) is 14.7 Å². The van der Waals surface area contributed by atoms with Gasteiger partial charge in [0.05, 0.1) is 20.1 Å². The minimum atomic E-state index is -0.901. The molecule has 2 heterocycles. The predicted molar refractivity (Wildman–Crippen MR) is 89.6 cm³/mol. The molecule has 0 unspecified atom stereocenters. The number of rotatable bonds is 4. The van der Waals surface area contributed by atoms with E-state index in [1.54, 1.807) is 24.3 Å². The van der Waals surface area contributed by atoms with Gasteiger partial charge in [0.15, 0.2) is 5.76 Å². The second-order valence-corrected chi connectivity index (χ2v) is 5.47. The van der Waals surface area contributed by atoms with Crippen LogP contribution in [0.2, 0.25) is 0 Å². The fourth-order valence-electron chi connectivity index (χ4n) is 2.89. The maximum Gasteiger partial charge on any atom is 0.340 e. The Kier molecular flexibility index (Phi) is 4.68. The molecular weight excluding hydrogens is 342 g/mol. The maximum absolute atomic E-state index is 12.4. The highest BCUT2D eigenvalue weighted by molar-refractivity contribution is 5.92. The summed E-state index contributed by atoms with van der Waals surface area (Å²) in [5.41, 5.74) is 5.89. The highest BCUT2D eigenvalue weighted by atomic mass is 16.5. The van der Waals surface area contributed by atoms with Gasteiger partial charge in [-0.2, -0.15) is 0 Å². The van der Waals surface area contributed by atoms with E-state index in [4.69, 9.17) is 24.4 Å². The lowest BCUT2D eigenvalue weighted by Crippen LogP contribution is -2.30. The molecule has 136 valence electrons. The van der Waals surface area contributed by atoms with Gasteiger partial charge < -0.3 is 29.5 Å². The lowest BCUT2D eigenvalue weighted by molar-refractivity contribution is -0.136. The van der Waals surface area contributed by atoms with E-state index in [1.165, 1.54) is 14.2 Å². The summed E-state index contributed by atoms with van der Waals surface area (Å²) in [6.07, 6.45) is 0. The zero-order valence-electron chi connectivity index (χ0n) is 14.1. The van der Waals surface area contributed by atoms with Gasteiger partial charge in [0, 0.05) is 11.6 Å². The number of aliphatic hydroxyl groups excluding tert-OH is 1. The second-order valence-electron chi connectivity index (χ2n) is 5.47. The molecule has 1 aliphatic rings. The van der Waals surface area contributed by atoms with Crippen molar-refractivity contribution in [3.63, 3.8) is 0 Å². The molecule has 2 aromatic rings. The number of esters is 1. The van der Waals surface area contributed by atoms with Crippen molar-refractivity contribution in [3.05, 3.63) is 69.1 Å². The van der Waals surface area contributed by atoms with Crippen LogP contribution in [0.3, 0.4) is 0 Å². The maximum atomic E-state index is 12.4. The Morgan fingerprint density at radius 2 is 2.04 bits per heavy atom. The zero-order chi connectivity index (χ0) is 18.8. The summed E-state index contributed by atoms with van der Waals surface area (Å²) in [4.78, 5) is 24.7. The number of para-hydroxylation sites is 1. The summed E-state index contributed by atoms with van der Waals surface area (Å²) in [6, 6.07) is 8.01. The minimum Gasteiger partial charge on any atom is -0.496 e. The third kappa shape index (κ3) is 2.80. The molecule has 0 bridgehead atoms. The molecule has 0 spiro atoms. The minimum absolute atomic E-state index is 0.0252. The highest BCUT2D eigenvalue weighted by Crippen LogP contribution is 2.44. The van der Waals surface area contributed by atoms with Crippen molar-refractivity contribution in [1.82, 2.24) is 0 Å². The number of carbonyl (C=O) groups is 1. The first-order valence-corrected chi connectivity index (χ1v) is 7.68. The highest BCUT2D eigenvalue weighted by Gasteiger charge is 2.40.